The highest BCUT2D eigenvalue weighted by Crippen LogP contribution is 2.28. The number of benzene rings is 1. The van der Waals surface area contributed by atoms with Crippen LogP contribution in [0.15, 0.2) is 35.4 Å². The predicted molar refractivity (Wildman–Crippen MR) is 116 cm³/mol. The summed E-state index contributed by atoms with van der Waals surface area (Å²) in [6.45, 7) is -2.52. The lowest BCUT2D eigenvalue weighted by Crippen LogP contribution is -2.57. The number of nitro groups is 6. The van der Waals surface area contributed by atoms with Crippen molar-refractivity contribution in [1.29, 1.82) is 0 Å². The van der Waals surface area contributed by atoms with Gasteiger partial charge in [0.1, 0.15) is 0 Å². The summed E-state index contributed by atoms with van der Waals surface area (Å²) in [5.41, 5.74) is -0.481. The van der Waals surface area contributed by atoms with Gasteiger partial charge in [0, 0.05) is 0 Å². The van der Waals surface area contributed by atoms with E-state index in [0.717, 1.165) is 0 Å². The van der Waals surface area contributed by atoms with Crippen LogP contribution in [0.1, 0.15) is 24.3 Å². The molecule has 1 amide bonds. The van der Waals surface area contributed by atoms with Crippen LogP contribution in [0, 0.1) is 60.7 Å². The average molecular weight is 558 g/mol. The molecule has 0 saturated carbocycles. The zero-order valence-electron chi connectivity index (χ0n) is 19.0. The number of carbonyl (C=O) groups is 2. The van der Waals surface area contributed by atoms with E-state index >= 15 is 0 Å². The van der Waals surface area contributed by atoms with Gasteiger partial charge in [0.05, 0.1) is 18.9 Å². The summed E-state index contributed by atoms with van der Waals surface area (Å²) in [4.78, 5) is 80.6. The standard InChI is InChI=1S/C16H14N8O15/c25-12(6-7-15(19(27)28,20(29)30)21(31)32)18-8-11(10-4-2-1-3-5-10)13(17-18)14(26)39-9-16(22(33)34,23(35)36)24(37)38/h1-5,11H,6-9H2. The van der Waals surface area contributed by atoms with Crippen LogP contribution in [0.25, 0.3) is 0 Å². The molecule has 1 aliphatic rings. The van der Waals surface area contributed by atoms with Gasteiger partial charge < -0.3 is 4.74 Å². The zero-order valence-corrected chi connectivity index (χ0v) is 19.0. The second kappa shape index (κ2) is 11.1. The summed E-state index contributed by atoms with van der Waals surface area (Å²) >= 11 is 0. The number of hydrogen-bond acceptors (Lipinski definition) is 16. The third-order valence-corrected chi connectivity index (χ3v) is 5.44. The summed E-state index contributed by atoms with van der Waals surface area (Å²) in [7, 11) is 0. The summed E-state index contributed by atoms with van der Waals surface area (Å²) in [6, 6.07) is 7.31. The molecule has 0 aromatic heterocycles. The highest BCUT2D eigenvalue weighted by atomic mass is 16.8. The van der Waals surface area contributed by atoms with Crippen molar-refractivity contribution >= 4 is 17.6 Å². The van der Waals surface area contributed by atoms with Gasteiger partial charge in [-0.25, -0.2) is 9.80 Å². The van der Waals surface area contributed by atoms with Gasteiger partial charge >= 0.3 is 24.1 Å². The first-order chi connectivity index (χ1) is 18.1. The van der Waals surface area contributed by atoms with Crippen molar-refractivity contribution in [3.63, 3.8) is 0 Å². The van der Waals surface area contributed by atoms with E-state index in [1.165, 1.54) is 24.3 Å². The minimum atomic E-state index is -4.16. The van der Waals surface area contributed by atoms with E-state index in [1.54, 1.807) is 6.07 Å². The van der Waals surface area contributed by atoms with Gasteiger partial charge in [0.15, 0.2) is 41.7 Å². The van der Waals surface area contributed by atoms with Crippen LogP contribution < -0.4 is 0 Å². The first-order valence-corrected chi connectivity index (χ1v) is 10.1. The third-order valence-electron chi connectivity index (χ3n) is 5.44. The molecule has 23 heteroatoms. The van der Waals surface area contributed by atoms with E-state index in [9.17, 15) is 70.3 Å². The quantitative estimate of drug-likeness (QED) is 0.124. The Morgan fingerprint density at radius 1 is 0.821 bits per heavy atom. The van der Waals surface area contributed by atoms with Crippen LogP contribution in [0.2, 0.25) is 0 Å². The molecule has 1 heterocycles. The molecule has 0 saturated heterocycles. The number of amides is 1. The van der Waals surface area contributed by atoms with Crippen molar-refractivity contribution < 1.29 is 43.9 Å². The monoisotopic (exact) mass is 558 g/mol. The largest absolute Gasteiger partial charge is 0.734 e. The Kier molecular flexibility index (Phi) is 8.38. The molecule has 1 aromatic rings. The van der Waals surface area contributed by atoms with Crippen LogP contribution in [0.3, 0.4) is 0 Å². The maximum absolute atomic E-state index is 12.7. The molecule has 0 spiro atoms. The lowest BCUT2D eigenvalue weighted by atomic mass is 9.94. The Hall–Kier alpha value is -5.77. The Labute approximate surface area is 212 Å². The maximum Gasteiger partial charge on any atom is 0.734 e. The predicted octanol–water partition coefficient (Wildman–Crippen LogP) is -0.740. The molecule has 0 aliphatic carbocycles. The number of hydrogen-bond donors (Lipinski definition) is 0. The lowest BCUT2D eigenvalue weighted by Gasteiger charge is -2.15. The molecule has 1 atom stereocenters. The van der Waals surface area contributed by atoms with Gasteiger partial charge in [-0.1, -0.05) is 30.3 Å². The number of carbonyl (C=O) groups excluding carboxylic acids is 2. The van der Waals surface area contributed by atoms with Crippen LogP contribution >= 0.6 is 0 Å². The van der Waals surface area contributed by atoms with Gasteiger partial charge in [-0.15, -0.1) is 0 Å². The SMILES string of the molecule is O=C(OCC([N+](=O)[O-])([N+](=O)[O-])[N+](=O)[O-])C1=NN(C(=O)CCC([N+](=O)[O-])([N+](=O)[O-])[N+](=O)[O-])CC1c1ccccc1. The van der Waals surface area contributed by atoms with E-state index < -0.39 is 90.6 Å². The summed E-state index contributed by atoms with van der Waals surface area (Å²) in [6.07, 6.45) is -2.69. The molecule has 1 unspecified atom stereocenters. The van der Waals surface area contributed by atoms with Gasteiger partial charge in [-0.05, 0) is 5.56 Å². The smallest absolute Gasteiger partial charge is 0.436 e. The molecule has 2 rings (SSSR count). The van der Waals surface area contributed by atoms with Gasteiger partial charge in [0.25, 0.3) is 0 Å². The van der Waals surface area contributed by atoms with Crippen LogP contribution in [0.4, 0.5) is 0 Å². The lowest BCUT2D eigenvalue weighted by molar-refractivity contribution is -0.970. The minimum absolute atomic E-state index is 0.253. The van der Waals surface area contributed by atoms with E-state index in [4.69, 9.17) is 0 Å². The molecule has 1 aromatic carbocycles. The Bertz CT molecular complexity index is 1210. The van der Waals surface area contributed by atoms with E-state index in [2.05, 4.69) is 9.84 Å². The molecule has 208 valence electrons. The molecular formula is C16H14N8O15. The fourth-order valence-corrected chi connectivity index (χ4v) is 3.26. The second-order valence-electron chi connectivity index (χ2n) is 7.59. The Morgan fingerprint density at radius 3 is 1.72 bits per heavy atom. The van der Waals surface area contributed by atoms with Crippen LogP contribution in [0.5, 0.6) is 0 Å². The number of hydrazone groups is 1. The molecule has 0 bridgehead atoms. The first-order valence-electron chi connectivity index (χ1n) is 10.1. The number of ether oxygens (including phenoxy) is 1. The summed E-state index contributed by atoms with van der Waals surface area (Å²) in [5, 5.41) is 70.5. The molecule has 0 radical (unpaired) electrons. The van der Waals surface area contributed by atoms with Crippen LogP contribution in [-0.4, -0.2) is 76.9 Å². The van der Waals surface area contributed by atoms with Crippen LogP contribution in [-0.2, 0) is 14.3 Å². The molecule has 0 fully saturated rings. The fourth-order valence-electron chi connectivity index (χ4n) is 3.26. The highest BCUT2D eigenvalue weighted by molar-refractivity contribution is 6.39. The van der Waals surface area contributed by atoms with E-state index in [0.29, 0.717) is 5.01 Å². The number of esters is 1. The fraction of sp³-hybridized carbons (Fsp3) is 0.438. The molecular weight excluding hydrogens is 544 g/mol. The van der Waals surface area contributed by atoms with Crippen molar-refractivity contribution in [3.05, 3.63) is 96.6 Å². The van der Waals surface area contributed by atoms with Crippen molar-refractivity contribution in [2.24, 2.45) is 5.10 Å². The topological polar surface area (TPSA) is 318 Å². The van der Waals surface area contributed by atoms with Gasteiger partial charge in [-0.2, -0.15) is 5.10 Å². The van der Waals surface area contributed by atoms with Crippen molar-refractivity contribution in [2.75, 3.05) is 13.2 Å². The Balaban J connectivity index is 2.37. The zero-order chi connectivity index (χ0) is 29.7. The minimum Gasteiger partial charge on any atom is -0.436 e. The summed E-state index contributed by atoms with van der Waals surface area (Å²) in [5.74, 6) is -12.2. The van der Waals surface area contributed by atoms with Gasteiger partial charge in [0.2, 0.25) is 5.91 Å². The van der Waals surface area contributed by atoms with E-state index in [-0.39, 0.29) is 5.56 Å². The Morgan fingerprint density at radius 2 is 1.28 bits per heavy atom. The van der Waals surface area contributed by atoms with Crippen molar-refractivity contribution in [1.82, 2.24) is 5.01 Å². The maximum atomic E-state index is 12.7. The molecule has 1 aliphatic heterocycles. The first kappa shape index (κ1) is 29.5. The average Bonchev–Trinajstić information content (AvgIpc) is 3.29. The molecule has 39 heavy (non-hydrogen) atoms. The number of rotatable bonds is 13. The van der Waals surface area contributed by atoms with Gasteiger partial charge in [-0.3, -0.25) is 65.5 Å². The number of nitrogens with zero attached hydrogens (tertiary/aromatic N) is 8. The normalized spacial score (nSPS) is 15.1. The molecule has 0 N–H and O–H groups in total. The summed E-state index contributed by atoms with van der Waals surface area (Å²) < 4.78 is 4.46. The van der Waals surface area contributed by atoms with E-state index in [1.807, 2.05) is 0 Å². The molecule has 23 nitrogen and oxygen atoms in total. The highest BCUT2D eigenvalue weighted by Gasteiger charge is 2.72. The van der Waals surface area contributed by atoms with Crippen molar-refractivity contribution in [3.8, 4) is 0 Å². The third kappa shape index (κ3) is 5.35. The second-order valence-corrected chi connectivity index (χ2v) is 7.59. The van der Waals surface area contributed by atoms with Crippen molar-refractivity contribution in [2.45, 2.75) is 30.3 Å².